The SMILES string of the molecule is NC(=O)C1=C(N)C2=CC=C1C2. The van der Waals surface area contributed by atoms with E-state index in [-0.39, 0.29) is 0 Å². The number of hydrogen-bond acceptors (Lipinski definition) is 2. The van der Waals surface area contributed by atoms with Gasteiger partial charge in [-0.3, -0.25) is 4.79 Å². The highest BCUT2D eigenvalue weighted by molar-refractivity contribution is 6.00. The lowest BCUT2D eigenvalue weighted by atomic mass is 10.1. The fourth-order valence-corrected chi connectivity index (χ4v) is 1.51. The van der Waals surface area contributed by atoms with Gasteiger partial charge in [-0.15, -0.1) is 0 Å². The molecule has 1 amide bonds. The van der Waals surface area contributed by atoms with Crippen molar-refractivity contribution in [3.05, 3.63) is 34.6 Å². The van der Waals surface area contributed by atoms with E-state index in [2.05, 4.69) is 0 Å². The Morgan fingerprint density at radius 2 is 2.00 bits per heavy atom. The predicted molar refractivity (Wildman–Crippen MR) is 41.2 cm³/mol. The van der Waals surface area contributed by atoms with Crippen molar-refractivity contribution in [3.63, 3.8) is 0 Å². The molecule has 3 heteroatoms. The molecule has 0 radical (unpaired) electrons. The average Bonchev–Trinajstić information content (AvgIpc) is 2.44. The number of primary amides is 1. The zero-order valence-corrected chi connectivity index (χ0v) is 5.92. The van der Waals surface area contributed by atoms with Gasteiger partial charge in [0, 0.05) is 12.1 Å². The lowest BCUT2D eigenvalue weighted by Gasteiger charge is -2.01. The number of allylic oxidation sites excluding steroid dienone is 3. The van der Waals surface area contributed by atoms with E-state index in [0.29, 0.717) is 11.3 Å². The number of rotatable bonds is 1. The van der Waals surface area contributed by atoms with Crippen LogP contribution in [0.5, 0.6) is 0 Å². The molecule has 3 nitrogen and oxygen atoms in total. The van der Waals surface area contributed by atoms with Crippen LogP contribution in [-0.4, -0.2) is 5.91 Å². The second kappa shape index (κ2) is 1.75. The van der Waals surface area contributed by atoms with Gasteiger partial charge in [-0.05, 0) is 11.1 Å². The largest absolute Gasteiger partial charge is 0.398 e. The lowest BCUT2D eigenvalue weighted by Crippen LogP contribution is -2.17. The summed E-state index contributed by atoms with van der Waals surface area (Å²) in [5.41, 5.74) is 13.8. The van der Waals surface area contributed by atoms with Gasteiger partial charge in [0.05, 0.1) is 5.57 Å². The van der Waals surface area contributed by atoms with Gasteiger partial charge in [0.15, 0.2) is 0 Å². The van der Waals surface area contributed by atoms with Crippen molar-refractivity contribution < 1.29 is 4.79 Å². The minimum absolute atomic E-state index is 0.420. The molecule has 2 aliphatic rings. The predicted octanol–water partition coefficient (Wildman–Crippen LogP) is -0.0454. The summed E-state index contributed by atoms with van der Waals surface area (Å²) in [7, 11) is 0. The van der Waals surface area contributed by atoms with E-state index in [4.69, 9.17) is 11.5 Å². The maximum absolute atomic E-state index is 10.8. The first-order valence-electron chi connectivity index (χ1n) is 3.40. The maximum Gasteiger partial charge on any atom is 0.251 e. The molecule has 0 fully saturated rings. The molecule has 0 heterocycles. The van der Waals surface area contributed by atoms with Crippen molar-refractivity contribution in [1.29, 1.82) is 0 Å². The van der Waals surface area contributed by atoms with Crippen molar-refractivity contribution in [2.75, 3.05) is 0 Å². The molecule has 2 aliphatic carbocycles. The molecule has 0 aromatic carbocycles. The Morgan fingerprint density at radius 3 is 2.36 bits per heavy atom. The van der Waals surface area contributed by atoms with Gasteiger partial charge in [0.1, 0.15) is 0 Å². The Hall–Kier alpha value is -1.51. The van der Waals surface area contributed by atoms with E-state index in [1.54, 1.807) is 0 Å². The van der Waals surface area contributed by atoms with Gasteiger partial charge in [-0.25, -0.2) is 0 Å². The van der Waals surface area contributed by atoms with E-state index >= 15 is 0 Å². The van der Waals surface area contributed by atoms with Crippen molar-refractivity contribution in [3.8, 4) is 0 Å². The molecule has 56 valence electrons. The van der Waals surface area contributed by atoms with Gasteiger partial charge in [-0.2, -0.15) is 0 Å². The first kappa shape index (κ1) is 6.22. The molecular formula is C8H8N2O. The molecule has 11 heavy (non-hydrogen) atoms. The van der Waals surface area contributed by atoms with Crippen LogP contribution < -0.4 is 11.5 Å². The van der Waals surface area contributed by atoms with Crippen LogP contribution in [0.15, 0.2) is 34.6 Å². The van der Waals surface area contributed by atoms with Crippen LogP contribution >= 0.6 is 0 Å². The molecular weight excluding hydrogens is 140 g/mol. The first-order valence-corrected chi connectivity index (χ1v) is 3.40. The Kier molecular flexibility index (Phi) is 0.990. The van der Waals surface area contributed by atoms with Crippen LogP contribution in [-0.2, 0) is 4.79 Å². The van der Waals surface area contributed by atoms with E-state index < -0.39 is 5.91 Å². The highest BCUT2D eigenvalue weighted by Gasteiger charge is 2.28. The van der Waals surface area contributed by atoms with Crippen LogP contribution in [0.1, 0.15) is 6.42 Å². The molecule has 0 aromatic rings. The molecule has 2 bridgehead atoms. The summed E-state index contributed by atoms with van der Waals surface area (Å²) >= 11 is 0. The molecule has 0 spiro atoms. The second-order valence-electron chi connectivity index (χ2n) is 2.71. The third-order valence-electron chi connectivity index (χ3n) is 2.05. The molecule has 0 aromatic heterocycles. The summed E-state index contributed by atoms with van der Waals surface area (Å²) in [6.45, 7) is 0. The van der Waals surface area contributed by atoms with E-state index in [1.165, 1.54) is 0 Å². The fraction of sp³-hybridized carbons (Fsp3) is 0.125. The van der Waals surface area contributed by atoms with Crippen LogP contribution in [0.25, 0.3) is 0 Å². The van der Waals surface area contributed by atoms with Crippen LogP contribution in [0, 0.1) is 0 Å². The highest BCUT2D eigenvalue weighted by Crippen LogP contribution is 2.37. The third-order valence-corrected chi connectivity index (χ3v) is 2.05. The Balaban J connectivity index is 2.56. The smallest absolute Gasteiger partial charge is 0.251 e. The normalized spacial score (nSPS) is 20.4. The number of carbonyl (C=O) groups excluding carboxylic acids is 1. The monoisotopic (exact) mass is 148 g/mol. The number of carbonyl (C=O) groups is 1. The average molecular weight is 148 g/mol. The van der Waals surface area contributed by atoms with Gasteiger partial charge >= 0.3 is 0 Å². The Bertz CT molecular complexity index is 334. The molecule has 0 unspecified atom stereocenters. The van der Waals surface area contributed by atoms with Crippen molar-refractivity contribution >= 4 is 5.91 Å². The van der Waals surface area contributed by atoms with Gasteiger partial charge < -0.3 is 11.5 Å². The number of nitrogens with two attached hydrogens (primary N) is 2. The van der Waals surface area contributed by atoms with Crippen LogP contribution in [0.2, 0.25) is 0 Å². The standard InChI is InChI=1S/C8H8N2O/c9-7-5-2-1-4(3-5)6(7)8(10)11/h1-2H,3,9H2,(H2,10,11). The number of fused-ring (bicyclic) bond motifs is 2. The van der Waals surface area contributed by atoms with Gasteiger partial charge in [0.25, 0.3) is 5.91 Å². The number of hydrogen-bond donors (Lipinski definition) is 2. The summed E-state index contributed by atoms with van der Waals surface area (Å²) in [4.78, 5) is 10.8. The quantitative estimate of drug-likeness (QED) is 0.547. The second-order valence-corrected chi connectivity index (χ2v) is 2.71. The molecule has 2 rings (SSSR count). The van der Waals surface area contributed by atoms with Crippen molar-refractivity contribution in [2.45, 2.75) is 6.42 Å². The summed E-state index contributed by atoms with van der Waals surface area (Å²) in [6, 6.07) is 0. The Morgan fingerprint density at radius 1 is 1.36 bits per heavy atom. The lowest BCUT2D eigenvalue weighted by molar-refractivity contribution is -0.114. The number of amides is 1. The Labute approximate surface area is 64.1 Å². The van der Waals surface area contributed by atoms with Crippen LogP contribution in [0.4, 0.5) is 0 Å². The van der Waals surface area contributed by atoms with Crippen LogP contribution in [0.3, 0.4) is 0 Å². The van der Waals surface area contributed by atoms with Gasteiger partial charge in [-0.1, -0.05) is 12.2 Å². The minimum Gasteiger partial charge on any atom is -0.398 e. The summed E-state index contributed by atoms with van der Waals surface area (Å²) < 4.78 is 0. The molecule has 0 saturated carbocycles. The van der Waals surface area contributed by atoms with Crippen molar-refractivity contribution in [1.82, 2.24) is 0 Å². The minimum atomic E-state index is -0.420. The van der Waals surface area contributed by atoms with E-state index in [1.807, 2.05) is 12.2 Å². The zero-order valence-electron chi connectivity index (χ0n) is 5.92. The van der Waals surface area contributed by atoms with E-state index in [9.17, 15) is 4.79 Å². The highest BCUT2D eigenvalue weighted by atomic mass is 16.1. The zero-order chi connectivity index (χ0) is 8.01. The molecule has 0 atom stereocenters. The van der Waals surface area contributed by atoms with Gasteiger partial charge in [0.2, 0.25) is 0 Å². The molecule has 0 saturated heterocycles. The molecule has 0 aliphatic heterocycles. The topological polar surface area (TPSA) is 69.1 Å². The first-order chi connectivity index (χ1) is 5.20. The summed E-state index contributed by atoms with van der Waals surface area (Å²) in [5, 5.41) is 0. The van der Waals surface area contributed by atoms with E-state index in [0.717, 1.165) is 17.6 Å². The maximum atomic E-state index is 10.8. The third kappa shape index (κ3) is 0.648. The summed E-state index contributed by atoms with van der Waals surface area (Å²) in [5.74, 6) is -0.420. The summed E-state index contributed by atoms with van der Waals surface area (Å²) in [6.07, 6.45) is 4.60. The van der Waals surface area contributed by atoms with Crippen molar-refractivity contribution in [2.24, 2.45) is 11.5 Å². The fourth-order valence-electron chi connectivity index (χ4n) is 1.51. The molecule has 4 N–H and O–H groups in total.